The van der Waals surface area contributed by atoms with Crippen molar-refractivity contribution in [2.45, 2.75) is 19.9 Å². The number of benzene rings is 2. The van der Waals surface area contributed by atoms with Crippen molar-refractivity contribution in [3.63, 3.8) is 0 Å². The predicted molar refractivity (Wildman–Crippen MR) is 150 cm³/mol. The van der Waals surface area contributed by atoms with Crippen LogP contribution in [0.15, 0.2) is 74.6 Å². The molecule has 0 N–H and O–H groups in total. The Morgan fingerprint density at radius 1 is 1.21 bits per heavy atom. The molecule has 0 saturated heterocycles. The monoisotopic (exact) mass is 598 g/mol. The summed E-state index contributed by atoms with van der Waals surface area (Å²) in [5.41, 5.74) is 1.89. The minimum Gasteiger partial charge on any atom is -0.493 e. The summed E-state index contributed by atoms with van der Waals surface area (Å²) in [6, 6.07) is 10.1. The maximum Gasteiger partial charge on any atom is 0.338 e. The molecule has 2 aromatic carbocycles. The van der Waals surface area contributed by atoms with Gasteiger partial charge >= 0.3 is 5.97 Å². The van der Waals surface area contributed by atoms with Gasteiger partial charge in [-0.25, -0.2) is 9.79 Å². The van der Waals surface area contributed by atoms with E-state index >= 15 is 0 Å². The van der Waals surface area contributed by atoms with Crippen molar-refractivity contribution in [2.75, 3.05) is 27.4 Å². The van der Waals surface area contributed by atoms with Gasteiger partial charge in [0.2, 0.25) is 0 Å². The van der Waals surface area contributed by atoms with Crippen molar-refractivity contribution in [3.8, 4) is 17.2 Å². The molecule has 4 rings (SSSR count). The van der Waals surface area contributed by atoms with Crippen molar-refractivity contribution in [3.05, 3.63) is 95.6 Å². The highest BCUT2D eigenvalue weighted by Gasteiger charge is 2.35. The van der Waals surface area contributed by atoms with Crippen LogP contribution >= 0.6 is 27.3 Å². The van der Waals surface area contributed by atoms with E-state index in [9.17, 15) is 9.59 Å². The molecule has 1 atom stereocenters. The molecule has 0 unspecified atom stereocenters. The van der Waals surface area contributed by atoms with Gasteiger partial charge < -0.3 is 18.9 Å². The lowest BCUT2D eigenvalue weighted by atomic mass is 9.95. The van der Waals surface area contributed by atoms with E-state index in [4.69, 9.17) is 18.9 Å². The molecule has 1 aliphatic heterocycles. The Morgan fingerprint density at radius 2 is 1.95 bits per heavy atom. The van der Waals surface area contributed by atoms with Gasteiger partial charge in [-0.05, 0) is 55.3 Å². The Bertz CT molecular complexity index is 1600. The largest absolute Gasteiger partial charge is 0.493 e. The Morgan fingerprint density at radius 3 is 2.63 bits per heavy atom. The van der Waals surface area contributed by atoms with E-state index in [0.717, 1.165) is 5.56 Å². The zero-order chi connectivity index (χ0) is 27.4. The number of hydrogen-bond acceptors (Lipinski definition) is 8. The third kappa shape index (κ3) is 5.32. The fraction of sp³-hybridized carbons (Fsp3) is 0.250. The second kappa shape index (κ2) is 11.8. The number of aromatic nitrogens is 1. The zero-order valence-corrected chi connectivity index (χ0v) is 23.9. The van der Waals surface area contributed by atoms with Crippen LogP contribution in [-0.4, -0.2) is 38.0 Å². The minimum atomic E-state index is -0.802. The highest BCUT2D eigenvalue weighted by atomic mass is 79.9. The third-order valence-corrected chi connectivity index (χ3v) is 7.51. The van der Waals surface area contributed by atoms with Gasteiger partial charge in [0.25, 0.3) is 5.56 Å². The van der Waals surface area contributed by atoms with Crippen molar-refractivity contribution >= 4 is 39.3 Å². The molecule has 38 heavy (non-hydrogen) atoms. The van der Waals surface area contributed by atoms with Gasteiger partial charge in [0, 0.05) is 4.47 Å². The molecule has 198 valence electrons. The lowest BCUT2D eigenvalue weighted by Gasteiger charge is -2.26. The first-order valence-electron chi connectivity index (χ1n) is 11.8. The molecule has 0 spiro atoms. The van der Waals surface area contributed by atoms with Gasteiger partial charge in [0.1, 0.15) is 12.4 Å². The molecule has 8 nitrogen and oxygen atoms in total. The number of hydrogen-bond donors (Lipinski definition) is 0. The normalized spacial score (nSPS) is 15.0. The first kappa shape index (κ1) is 27.4. The molecule has 3 aromatic rings. The highest BCUT2D eigenvalue weighted by molar-refractivity contribution is 9.10. The molecule has 2 heterocycles. The maximum atomic E-state index is 13.9. The summed E-state index contributed by atoms with van der Waals surface area (Å²) < 4.78 is 24.6. The summed E-state index contributed by atoms with van der Waals surface area (Å²) in [5.74, 6) is 1.09. The number of esters is 1. The number of carbonyl (C=O) groups is 1. The van der Waals surface area contributed by atoms with E-state index < -0.39 is 12.0 Å². The van der Waals surface area contributed by atoms with Gasteiger partial charge in [-0.3, -0.25) is 9.36 Å². The number of allylic oxidation sites excluding steroid dienone is 1. The quantitative estimate of drug-likeness (QED) is 0.272. The summed E-state index contributed by atoms with van der Waals surface area (Å²) in [6.45, 7) is 7.71. The van der Waals surface area contributed by atoms with Crippen LogP contribution in [0.5, 0.6) is 17.2 Å². The molecule has 10 heteroatoms. The number of thiazole rings is 1. The van der Waals surface area contributed by atoms with E-state index in [-0.39, 0.29) is 17.7 Å². The van der Waals surface area contributed by atoms with Crippen LogP contribution in [0.2, 0.25) is 0 Å². The Hall–Kier alpha value is -3.63. The van der Waals surface area contributed by atoms with Crippen LogP contribution in [0.3, 0.4) is 0 Å². The Labute approximate surface area is 232 Å². The van der Waals surface area contributed by atoms with Gasteiger partial charge in [0.05, 0.1) is 42.7 Å². The van der Waals surface area contributed by atoms with Gasteiger partial charge in [0.15, 0.2) is 16.3 Å². The van der Waals surface area contributed by atoms with E-state index in [1.54, 1.807) is 45.2 Å². The van der Waals surface area contributed by atoms with Crippen LogP contribution in [0, 0.1) is 0 Å². The minimum absolute atomic E-state index is 0.185. The molecule has 0 aliphatic carbocycles. The van der Waals surface area contributed by atoms with Crippen LogP contribution in [0.4, 0.5) is 0 Å². The molecule has 0 amide bonds. The van der Waals surface area contributed by atoms with Crippen LogP contribution in [-0.2, 0) is 9.53 Å². The summed E-state index contributed by atoms with van der Waals surface area (Å²) in [6.07, 6.45) is 3.45. The Kier molecular flexibility index (Phi) is 8.53. The lowest BCUT2D eigenvalue weighted by Crippen LogP contribution is -2.40. The number of ether oxygens (including phenoxy) is 4. The SMILES string of the molecule is C=CCOc1cccc(/C=c2\sc3n(c2=O)[C@@H](c2cc(OC)c(OC)cc2Br)C(C(=O)OCC)=C(C)N=3)c1. The third-order valence-electron chi connectivity index (χ3n) is 5.84. The van der Waals surface area contributed by atoms with E-state index in [2.05, 4.69) is 27.5 Å². The van der Waals surface area contributed by atoms with E-state index in [1.165, 1.54) is 23.0 Å². The fourth-order valence-electron chi connectivity index (χ4n) is 4.17. The second-order valence-corrected chi connectivity index (χ2v) is 10.1. The highest BCUT2D eigenvalue weighted by Crippen LogP contribution is 2.40. The average molecular weight is 600 g/mol. The van der Waals surface area contributed by atoms with Crippen molar-refractivity contribution in [1.29, 1.82) is 0 Å². The fourth-order valence-corrected chi connectivity index (χ4v) is 5.75. The molecule has 0 fully saturated rings. The summed E-state index contributed by atoms with van der Waals surface area (Å²) in [7, 11) is 3.07. The number of nitrogens with zero attached hydrogens (tertiary/aromatic N) is 2. The number of fused-ring (bicyclic) bond motifs is 1. The molecular weight excluding hydrogens is 572 g/mol. The van der Waals surface area contributed by atoms with Crippen molar-refractivity contribution in [2.24, 2.45) is 4.99 Å². The van der Waals surface area contributed by atoms with Gasteiger partial charge in [-0.1, -0.05) is 52.1 Å². The topological polar surface area (TPSA) is 88.3 Å². The number of halogens is 1. The van der Waals surface area contributed by atoms with Crippen LogP contribution < -0.4 is 29.1 Å². The van der Waals surface area contributed by atoms with Crippen molar-refractivity contribution in [1.82, 2.24) is 4.57 Å². The van der Waals surface area contributed by atoms with Gasteiger partial charge in [-0.2, -0.15) is 0 Å². The standard InChI is InChI=1S/C28H27BrN2O6S/c1-6-11-37-18-10-8-9-17(12-18)13-23-26(32)31-25(19-14-21(34-4)22(35-5)15-20(19)29)24(27(33)36-7-2)16(3)30-28(31)38-23/h6,8-10,12-15,25H,1,7,11H2,2-5H3/b23-13-/t25-/m0/s1. The summed E-state index contributed by atoms with van der Waals surface area (Å²) in [5, 5.41) is 0. The molecule has 0 saturated carbocycles. The smallest absolute Gasteiger partial charge is 0.338 e. The van der Waals surface area contributed by atoms with Crippen LogP contribution in [0.1, 0.15) is 31.0 Å². The Balaban J connectivity index is 1.95. The molecule has 1 aromatic heterocycles. The summed E-state index contributed by atoms with van der Waals surface area (Å²) in [4.78, 5) is 32.1. The second-order valence-electron chi connectivity index (χ2n) is 8.20. The average Bonchev–Trinajstić information content (AvgIpc) is 3.20. The van der Waals surface area contributed by atoms with Crippen LogP contribution in [0.25, 0.3) is 6.08 Å². The van der Waals surface area contributed by atoms with Gasteiger partial charge in [-0.15, -0.1) is 0 Å². The number of carbonyl (C=O) groups excluding carboxylic acids is 1. The molecule has 1 aliphatic rings. The zero-order valence-electron chi connectivity index (χ0n) is 21.4. The maximum absolute atomic E-state index is 13.9. The molecular formula is C28H27BrN2O6S. The first-order chi connectivity index (χ1) is 18.3. The number of methoxy groups -OCH3 is 2. The molecule has 0 bridgehead atoms. The van der Waals surface area contributed by atoms with E-state index in [1.807, 2.05) is 24.3 Å². The van der Waals surface area contributed by atoms with Crippen molar-refractivity contribution < 1.29 is 23.7 Å². The van der Waals surface area contributed by atoms with E-state index in [0.29, 0.717) is 48.9 Å². The summed E-state index contributed by atoms with van der Waals surface area (Å²) >= 11 is 4.85. The number of rotatable bonds is 9. The predicted octanol–water partition coefficient (Wildman–Crippen LogP) is 4.14. The lowest BCUT2D eigenvalue weighted by molar-refractivity contribution is -0.139. The first-order valence-corrected chi connectivity index (χ1v) is 13.4. The molecule has 0 radical (unpaired) electrons.